The Morgan fingerprint density at radius 3 is 2.36 bits per heavy atom. The van der Waals surface area contributed by atoms with Gasteiger partial charge in [0.2, 0.25) is 5.91 Å². The Labute approximate surface area is 131 Å². The molecule has 0 radical (unpaired) electrons. The predicted molar refractivity (Wildman–Crippen MR) is 84.5 cm³/mol. The first-order valence-electron chi connectivity index (χ1n) is 8.46. The minimum atomic E-state index is -0.605. The smallest absolute Gasteiger partial charge is 0.227 e. The summed E-state index contributed by atoms with van der Waals surface area (Å²) in [4.78, 5) is 12.4. The number of piperidine rings is 1. The van der Waals surface area contributed by atoms with Gasteiger partial charge in [0.05, 0.1) is 11.0 Å². The molecule has 4 nitrogen and oxygen atoms in total. The second-order valence-electron chi connectivity index (χ2n) is 7.18. The van der Waals surface area contributed by atoms with Crippen molar-refractivity contribution in [2.45, 2.75) is 43.6 Å². The van der Waals surface area contributed by atoms with Crippen molar-refractivity contribution in [1.29, 1.82) is 0 Å². The summed E-state index contributed by atoms with van der Waals surface area (Å²) in [6, 6.07) is 8.36. The van der Waals surface area contributed by atoms with Gasteiger partial charge < -0.3 is 15.7 Å². The van der Waals surface area contributed by atoms with E-state index in [-0.39, 0.29) is 17.2 Å². The van der Waals surface area contributed by atoms with Gasteiger partial charge in [0.15, 0.2) is 0 Å². The summed E-state index contributed by atoms with van der Waals surface area (Å²) in [6.45, 7) is 2.58. The molecule has 0 aromatic heterocycles. The topological polar surface area (TPSA) is 61.4 Å². The fraction of sp³-hybridized carbons (Fsp3) is 0.611. The average molecular weight is 300 g/mol. The number of hydrogen-bond donors (Lipinski definition) is 3. The van der Waals surface area contributed by atoms with Gasteiger partial charge in [-0.1, -0.05) is 24.3 Å². The highest BCUT2D eigenvalue weighted by Crippen LogP contribution is 2.47. The quantitative estimate of drug-likeness (QED) is 0.778. The standard InChI is InChI=1S/C18H24N2O2/c21-16-17(9-11-20-16)8-10-19-12-15(17)13-2-4-14(5-3-13)18(22)6-1-7-18/h2-5,15,19,22H,1,6-12H2,(H,20,21). The zero-order valence-corrected chi connectivity index (χ0v) is 12.9. The first kappa shape index (κ1) is 14.2. The lowest BCUT2D eigenvalue weighted by Gasteiger charge is -2.40. The molecule has 0 bridgehead atoms. The number of hydrogen-bond acceptors (Lipinski definition) is 3. The SMILES string of the molecule is O=C1NCCC12CCNCC2c1ccc(C2(O)CCC2)cc1. The van der Waals surface area contributed by atoms with Crippen LogP contribution in [0.5, 0.6) is 0 Å². The van der Waals surface area contributed by atoms with E-state index in [0.29, 0.717) is 0 Å². The summed E-state index contributed by atoms with van der Waals surface area (Å²) in [6.07, 6.45) is 4.68. The van der Waals surface area contributed by atoms with E-state index in [0.717, 1.165) is 57.3 Å². The van der Waals surface area contributed by atoms with Crippen LogP contribution < -0.4 is 10.6 Å². The molecule has 2 saturated heterocycles. The van der Waals surface area contributed by atoms with E-state index in [1.54, 1.807) is 0 Å². The van der Waals surface area contributed by atoms with Crippen molar-refractivity contribution in [1.82, 2.24) is 10.6 Å². The van der Waals surface area contributed by atoms with Crippen LogP contribution in [0.4, 0.5) is 0 Å². The van der Waals surface area contributed by atoms with Gasteiger partial charge in [0, 0.05) is 19.0 Å². The minimum absolute atomic E-state index is 0.223. The van der Waals surface area contributed by atoms with Gasteiger partial charge in [-0.25, -0.2) is 0 Å². The third-order valence-electron chi connectivity index (χ3n) is 6.10. The number of carbonyl (C=O) groups is 1. The molecule has 2 aliphatic heterocycles. The Bertz CT molecular complexity index is 579. The molecule has 4 rings (SSSR count). The summed E-state index contributed by atoms with van der Waals surface area (Å²) < 4.78 is 0. The normalized spacial score (nSPS) is 33.5. The molecule has 1 aromatic carbocycles. The molecule has 1 spiro atoms. The average Bonchev–Trinajstić information content (AvgIpc) is 2.87. The van der Waals surface area contributed by atoms with E-state index in [2.05, 4.69) is 34.9 Å². The van der Waals surface area contributed by atoms with Crippen LogP contribution in [0.15, 0.2) is 24.3 Å². The van der Waals surface area contributed by atoms with Crippen LogP contribution in [0.2, 0.25) is 0 Å². The summed E-state index contributed by atoms with van der Waals surface area (Å²) in [5, 5.41) is 16.9. The van der Waals surface area contributed by atoms with Crippen molar-refractivity contribution < 1.29 is 9.90 Å². The maximum absolute atomic E-state index is 12.4. The molecule has 3 aliphatic rings. The second-order valence-corrected chi connectivity index (χ2v) is 7.18. The Kier molecular flexibility index (Phi) is 3.27. The van der Waals surface area contributed by atoms with Crippen molar-refractivity contribution in [3.63, 3.8) is 0 Å². The maximum Gasteiger partial charge on any atom is 0.227 e. The molecule has 1 amide bonds. The molecule has 4 heteroatoms. The Morgan fingerprint density at radius 1 is 1.05 bits per heavy atom. The zero-order valence-electron chi connectivity index (χ0n) is 12.9. The highest BCUT2D eigenvalue weighted by molar-refractivity contribution is 5.86. The lowest BCUT2D eigenvalue weighted by Crippen LogP contribution is -2.47. The number of aliphatic hydroxyl groups is 1. The number of benzene rings is 1. The van der Waals surface area contributed by atoms with Gasteiger partial charge in [-0.15, -0.1) is 0 Å². The first-order chi connectivity index (χ1) is 10.6. The molecule has 3 fully saturated rings. The Morgan fingerprint density at radius 2 is 1.77 bits per heavy atom. The van der Waals surface area contributed by atoms with Crippen molar-refractivity contribution >= 4 is 5.91 Å². The molecule has 1 aromatic rings. The summed E-state index contributed by atoms with van der Waals surface area (Å²) in [5.74, 6) is 0.453. The van der Waals surface area contributed by atoms with Gasteiger partial charge in [-0.3, -0.25) is 4.79 Å². The molecular weight excluding hydrogens is 276 g/mol. The molecule has 3 N–H and O–H groups in total. The van der Waals surface area contributed by atoms with Crippen LogP contribution in [0.25, 0.3) is 0 Å². The second kappa shape index (κ2) is 5.07. The van der Waals surface area contributed by atoms with Crippen LogP contribution in [0.3, 0.4) is 0 Å². The van der Waals surface area contributed by atoms with Crippen LogP contribution in [0.1, 0.15) is 49.1 Å². The van der Waals surface area contributed by atoms with Crippen LogP contribution >= 0.6 is 0 Å². The number of carbonyl (C=O) groups excluding carboxylic acids is 1. The van der Waals surface area contributed by atoms with Crippen molar-refractivity contribution in [3.8, 4) is 0 Å². The fourth-order valence-corrected chi connectivity index (χ4v) is 4.45. The summed E-state index contributed by atoms with van der Waals surface area (Å²) >= 11 is 0. The monoisotopic (exact) mass is 300 g/mol. The molecule has 22 heavy (non-hydrogen) atoms. The predicted octanol–water partition coefficient (Wildman–Crippen LogP) is 1.64. The lowest BCUT2D eigenvalue weighted by molar-refractivity contribution is -0.129. The lowest BCUT2D eigenvalue weighted by atomic mass is 9.66. The van der Waals surface area contributed by atoms with Crippen molar-refractivity contribution in [2.24, 2.45) is 5.41 Å². The van der Waals surface area contributed by atoms with Crippen LogP contribution in [-0.4, -0.2) is 30.6 Å². The van der Waals surface area contributed by atoms with Gasteiger partial charge in [0.1, 0.15) is 0 Å². The number of rotatable bonds is 2. The molecule has 118 valence electrons. The molecule has 2 unspecified atom stereocenters. The van der Waals surface area contributed by atoms with E-state index >= 15 is 0 Å². The number of amides is 1. The third-order valence-corrected chi connectivity index (χ3v) is 6.10. The fourth-order valence-electron chi connectivity index (χ4n) is 4.45. The van der Waals surface area contributed by atoms with Gasteiger partial charge in [-0.05, 0) is 49.8 Å². The number of nitrogens with one attached hydrogen (secondary N) is 2. The van der Waals surface area contributed by atoms with E-state index in [1.165, 1.54) is 5.56 Å². The van der Waals surface area contributed by atoms with Crippen molar-refractivity contribution in [3.05, 3.63) is 35.4 Å². The van der Waals surface area contributed by atoms with E-state index in [4.69, 9.17) is 0 Å². The largest absolute Gasteiger partial charge is 0.385 e. The Hall–Kier alpha value is -1.39. The molecular formula is C18H24N2O2. The molecule has 2 atom stereocenters. The van der Waals surface area contributed by atoms with Crippen LogP contribution in [0, 0.1) is 5.41 Å². The van der Waals surface area contributed by atoms with E-state index in [1.807, 2.05) is 0 Å². The molecule has 1 aliphatic carbocycles. The first-order valence-corrected chi connectivity index (χ1v) is 8.46. The van der Waals surface area contributed by atoms with E-state index < -0.39 is 5.60 Å². The highest BCUT2D eigenvalue weighted by Gasteiger charge is 2.50. The maximum atomic E-state index is 12.4. The van der Waals surface area contributed by atoms with Crippen LogP contribution in [-0.2, 0) is 10.4 Å². The Balaban J connectivity index is 1.63. The highest BCUT2D eigenvalue weighted by atomic mass is 16.3. The van der Waals surface area contributed by atoms with Gasteiger partial charge >= 0.3 is 0 Å². The molecule has 1 saturated carbocycles. The summed E-state index contributed by atoms with van der Waals surface area (Å²) in [5.41, 5.74) is 1.40. The minimum Gasteiger partial charge on any atom is -0.385 e. The zero-order chi connectivity index (χ0) is 15.2. The van der Waals surface area contributed by atoms with Gasteiger partial charge in [-0.2, -0.15) is 0 Å². The van der Waals surface area contributed by atoms with Crippen molar-refractivity contribution in [2.75, 3.05) is 19.6 Å². The van der Waals surface area contributed by atoms with E-state index in [9.17, 15) is 9.90 Å². The summed E-state index contributed by atoms with van der Waals surface area (Å²) in [7, 11) is 0. The third kappa shape index (κ3) is 2.01. The van der Waals surface area contributed by atoms with Gasteiger partial charge in [0.25, 0.3) is 0 Å². The molecule has 2 heterocycles.